The number of nitrogens with one attached hydrogen (secondary N) is 1. The summed E-state index contributed by atoms with van der Waals surface area (Å²) in [6.07, 6.45) is 0. The predicted molar refractivity (Wildman–Crippen MR) is 102 cm³/mol. The van der Waals surface area contributed by atoms with E-state index in [1.165, 1.54) is 19.2 Å². The maximum absolute atomic E-state index is 14.8. The van der Waals surface area contributed by atoms with E-state index in [2.05, 4.69) is 4.98 Å². The molecule has 1 atom stereocenters. The molecule has 0 fully saturated rings. The Morgan fingerprint density at radius 3 is 2.38 bits per heavy atom. The van der Waals surface area contributed by atoms with Crippen LogP contribution < -0.4 is 16.3 Å². The average molecular weight is 395 g/mol. The molecule has 0 saturated carbocycles. The fourth-order valence-corrected chi connectivity index (χ4v) is 5.65. The number of nitrogens with two attached hydrogens (primary N) is 1. The first-order valence-electron chi connectivity index (χ1n) is 7.73. The summed E-state index contributed by atoms with van der Waals surface area (Å²) in [5, 5.41) is 0.0280. The maximum atomic E-state index is 14.8. The second-order valence-electron chi connectivity index (χ2n) is 6.08. The third kappa shape index (κ3) is 2.84. The summed E-state index contributed by atoms with van der Waals surface area (Å²) in [6.45, 7) is 3.69. The first-order chi connectivity index (χ1) is 12.2. The smallest absolute Gasteiger partial charge is 0.266 e. The van der Waals surface area contributed by atoms with Crippen LogP contribution in [0.2, 0.25) is 5.02 Å². The number of benzene rings is 2. The minimum Gasteiger partial charge on any atom is -0.364 e. The quantitative estimate of drug-likeness (QED) is 0.663. The topological polar surface area (TPSA) is 85.2 Å². The fraction of sp³-hybridized carbons (Fsp3) is 0.167. The highest BCUT2D eigenvalue weighted by molar-refractivity contribution is 7.75. The molecular formula is C18H17ClFN2O3P. The fourth-order valence-electron chi connectivity index (χ4n) is 3.12. The van der Waals surface area contributed by atoms with Gasteiger partial charge in [-0.15, -0.1) is 0 Å². The molecule has 0 saturated heterocycles. The molecule has 0 aliphatic carbocycles. The molecule has 5 nitrogen and oxygen atoms in total. The average Bonchev–Trinajstić information content (AvgIpc) is 2.97. The largest absolute Gasteiger partial charge is 0.364 e. The molecule has 3 aromatic rings. The summed E-state index contributed by atoms with van der Waals surface area (Å²) in [4.78, 5) is 14.7. The van der Waals surface area contributed by atoms with Crippen molar-refractivity contribution in [3.63, 3.8) is 0 Å². The highest BCUT2D eigenvalue weighted by Gasteiger charge is 2.37. The number of carbonyl (C=O) groups excluding carboxylic acids is 1. The van der Waals surface area contributed by atoms with Crippen molar-refractivity contribution in [3.05, 3.63) is 58.0 Å². The van der Waals surface area contributed by atoms with Crippen LogP contribution in [-0.4, -0.2) is 18.0 Å². The van der Waals surface area contributed by atoms with Crippen molar-refractivity contribution in [1.82, 2.24) is 4.98 Å². The van der Waals surface area contributed by atoms with Crippen LogP contribution in [0, 0.1) is 19.7 Å². The monoisotopic (exact) mass is 394 g/mol. The Bertz CT molecular complexity index is 1070. The molecule has 1 unspecified atom stereocenters. The van der Waals surface area contributed by atoms with Gasteiger partial charge in [0, 0.05) is 17.9 Å². The molecule has 3 rings (SSSR count). The third-order valence-corrected chi connectivity index (χ3v) is 6.95. The van der Waals surface area contributed by atoms with Crippen molar-refractivity contribution >= 4 is 46.4 Å². The number of carbonyl (C=O) groups is 1. The Balaban J connectivity index is 2.48. The molecule has 136 valence electrons. The lowest BCUT2D eigenvalue weighted by atomic mass is 10.2. The minimum atomic E-state index is -3.83. The summed E-state index contributed by atoms with van der Waals surface area (Å²) in [6, 6.07) is 8.12. The summed E-state index contributed by atoms with van der Waals surface area (Å²) in [5.74, 6) is -1.65. The normalized spacial score (nSPS) is 13.7. The van der Waals surface area contributed by atoms with Gasteiger partial charge in [0.2, 0.25) is 0 Å². The number of hydrogen-bond acceptors (Lipinski definition) is 3. The van der Waals surface area contributed by atoms with E-state index < -0.39 is 19.1 Å². The molecule has 0 aliphatic rings. The van der Waals surface area contributed by atoms with Gasteiger partial charge in [0.15, 0.2) is 5.82 Å². The van der Waals surface area contributed by atoms with E-state index in [0.29, 0.717) is 5.30 Å². The summed E-state index contributed by atoms with van der Waals surface area (Å²) < 4.78 is 34.1. The zero-order valence-corrected chi connectivity index (χ0v) is 16.0. The summed E-state index contributed by atoms with van der Waals surface area (Å²) in [5.41, 5.74) is 7.27. The van der Waals surface area contributed by atoms with Crippen molar-refractivity contribution in [2.45, 2.75) is 13.8 Å². The number of rotatable bonds is 4. The molecule has 1 aromatic heterocycles. The van der Waals surface area contributed by atoms with Crippen molar-refractivity contribution in [2.75, 3.05) is 7.11 Å². The lowest BCUT2D eigenvalue weighted by Crippen LogP contribution is -2.26. The molecule has 1 heterocycles. The Kier molecular flexibility index (Phi) is 4.69. The van der Waals surface area contributed by atoms with Gasteiger partial charge >= 0.3 is 0 Å². The van der Waals surface area contributed by atoms with Crippen LogP contribution in [-0.2, 0) is 9.09 Å². The molecule has 8 heteroatoms. The highest BCUT2D eigenvalue weighted by atomic mass is 35.5. The molecular weight excluding hydrogens is 378 g/mol. The van der Waals surface area contributed by atoms with Gasteiger partial charge in [-0.25, -0.2) is 4.39 Å². The molecule has 26 heavy (non-hydrogen) atoms. The first-order valence-corrected chi connectivity index (χ1v) is 9.74. The van der Waals surface area contributed by atoms with Gasteiger partial charge in [-0.2, -0.15) is 0 Å². The van der Waals surface area contributed by atoms with Crippen molar-refractivity contribution in [2.24, 2.45) is 5.73 Å². The lowest BCUT2D eigenvalue weighted by molar-refractivity contribution is 0.0997. The second-order valence-corrected chi connectivity index (χ2v) is 8.92. The number of H-pyrrole nitrogens is 1. The molecule has 0 bridgehead atoms. The van der Waals surface area contributed by atoms with Gasteiger partial charge < -0.3 is 15.2 Å². The van der Waals surface area contributed by atoms with Gasteiger partial charge in [0.05, 0.1) is 15.7 Å². The zero-order valence-electron chi connectivity index (χ0n) is 14.4. The number of hydrogen-bond donors (Lipinski definition) is 2. The molecule has 2 aromatic carbocycles. The van der Waals surface area contributed by atoms with E-state index in [-0.39, 0.29) is 26.9 Å². The van der Waals surface area contributed by atoms with Gasteiger partial charge in [0.25, 0.3) is 13.3 Å². The molecule has 0 radical (unpaired) electrons. The van der Waals surface area contributed by atoms with Crippen molar-refractivity contribution in [1.29, 1.82) is 0 Å². The molecule has 0 aliphatic heterocycles. The van der Waals surface area contributed by atoms with Gasteiger partial charge in [-0.05, 0) is 38.1 Å². The van der Waals surface area contributed by atoms with Crippen molar-refractivity contribution in [3.8, 4) is 0 Å². The Morgan fingerprint density at radius 2 is 1.85 bits per heavy atom. The van der Waals surface area contributed by atoms with Gasteiger partial charge in [-0.3, -0.25) is 9.36 Å². The van der Waals surface area contributed by atoms with Crippen LogP contribution >= 0.6 is 19.0 Å². The Morgan fingerprint density at radius 1 is 1.23 bits per heavy atom. The second kappa shape index (κ2) is 6.54. The summed E-state index contributed by atoms with van der Waals surface area (Å²) in [7, 11) is -2.57. The van der Waals surface area contributed by atoms with E-state index in [1.54, 1.807) is 12.1 Å². The highest BCUT2D eigenvalue weighted by Crippen LogP contribution is 2.48. The number of amides is 1. The van der Waals surface area contributed by atoms with Crippen LogP contribution in [0.3, 0.4) is 0 Å². The SMILES string of the molecule is COP(=O)(c1cc(C)cc(C)c1)c1c(C(N)=O)[nH]c2ccc(Cl)c(F)c12. The number of aromatic nitrogens is 1. The molecule has 3 N–H and O–H groups in total. The number of aromatic amines is 1. The van der Waals surface area contributed by atoms with E-state index >= 15 is 0 Å². The van der Waals surface area contributed by atoms with Crippen molar-refractivity contribution < 1.29 is 18.3 Å². The predicted octanol–water partition coefficient (Wildman–Crippen LogP) is 3.55. The van der Waals surface area contributed by atoms with Crippen LogP contribution in [0.25, 0.3) is 10.9 Å². The number of halogens is 2. The van der Waals surface area contributed by atoms with Gasteiger partial charge in [-0.1, -0.05) is 28.8 Å². The maximum Gasteiger partial charge on any atom is 0.266 e. The van der Waals surface area contributed by atoms with Gasteiger partial charge in [0.1, 0.15) is 5.69 Å². The third-order valence-electron chi connectivity index (χ3n) is 4.17. The van der Waals surface area contributed by atoms with Crippen LogP contribution in [0.4, 0.5) is 4.39 Å². The Hall–Kier alpha value is -2.14. The molecule has 1 amide bonds. The number of fused-ring (bicyclic) bond motifs is 1. The minimum absolute atomic E-state index is 0.0596. The Labute approximate surface area is 154 Å². The standard InChI is InChI=1S/C18H17ClFN2O3P/c1-9-6-10(2)8-11(7-9)26(24,25-3)17-14-13(22-16(17)18(21)23)5-4-12(19)15(14)20/h4-8,22H,1-3H3,(H2,21,23). The van der Waals surface area contributed by atoms with E-state index in [9.17, 15) is 13.8 Å². The van der Waals surface area contributed by atoms with E-state index in [0.717, 1.165) is 11.1 Å². The van der Waals surface area contributed by atoms with Crippen LogP contribution in [0.5, 0.6) is 0 Å². The van der Waals surface area contributed by atoms with E-state index in [1.807, 2.05) is 19.9 Å². The van der Waals surface area contributed by atoms with E-state index in [4.69, 9.17) is 21.9 Å². The number of aryl methyl sites for hydroxylation is 2. The summed E-state index contributed by atoms with van der Waals surface area (Å²) >= 11 is 5.90. The lowest BCUT2D eigenvalue weighted by Gasteiger charge is -2.19. The zero-order chi connectivity index (χ0) is 19.2. The molecule has 0 spiro atoms. The number of primary amides is 1. The van der Waals surface area contributed by atoms with Crippen LogP contribution in [0.15, 0.2) is 30.3 Å². The van der Waals surface area contributed by atoms with Crippen LogP contribution in [0.1, 0.15) is 21.6 Å². The first kappa shape index (κ1) is 18.6.